The monoisotopic (exact) mass is 235 g/mol. The topological polar surface area (TPSA) is 21.3 Å². The highest BCUT2D eigenvalue weighted by Crippen LogP contribution is 2.20. The normalized spacial score (nSPS) is 12.7. The van der Waals surface area contributed by atoms with Crippen molar-refractivity contribution in [3.63, 3.8) is 0 Å². The molecule has 0 fully saturated rings. The summed E-state index contributed by atoms with van der Waals surface area (Å²) in [6.45, 7) is 11.1. The molecule has 96 valence electrons. The Kier molecular flexibility index (Phi) is 6.23. The summed E-state index contributed by atoms with van der Waals surface area (Å²) in [7, 11) is 0. The average molecular weight is 235 g/mol. The van der Waals surface area contributed by atoms with Gasteiger partial charge in [0.25, 0.3) is 0 Å². The predicted molar refractivity (Wildman–Crippen MR) is 73.4 cm³/mol. The zero-order valence-electron chi connectivity index (χ0n) is 11.5. The molecule has 0 amide bonds. The van der Waals surface area contributed by atoms with E-state index in [-0.39, 0.29) is 0 Å². The van der Waals surface area contributed by atoms with Gasteiger partial charge in [-0.3, -0.25) is 0 Å². The average Bonchev–Trinajstić information content (AvgIpc) is 2.32. The van der Waals surface area contributed by atoms with E-state index in [1.54, 1.807) is 0 Å². The van der Waals surface area contributed by atoms with Gasteiger partial charge < -0.3 is 10.1 Å². The first kappa shape index (κ1) is 14.2. The number of hydrogen-bond donors (Lipinski definition) is 1. The Morgan fingerprint density at radius 1 is 1.18 bits per heavy atom. The quantitative estimate of drug-likeness (QED) is 0.732. The molecule has 0 saturated heterocycles. The lowest BCUT2D eigenvalue weighted by atomic mass is 9.99. The van der Waals surface area contributed by atoms with Crippen molar-refractivity contribution in [1.82, 2.24) is 5.32 Å². The predicted octanol–water partition coefficient (Wildman–Crippen LogP) is 3.38. The van der Waals surface area contributed by atoms with Crippen molar-refractivity contribution in [3.05, 3.63) is 34.9 Å². The second-order valence-electron chi connectivity index (χ2n) is 4.44. The summed E-state index contributed by atoms with van der Waals surface area (Å²) < 4.78 is 5.45. The van der Waals surface area contributed by atoms with Crippen molar-refractivity contribution >= 4 is 0 Å². The van der Waals surface area contributed by atoms with E-state index in [4.69, 9.17) is 4.74 Å². The second kappa shape index (κ2) is 7.46. The van der Waals surface area contributed by atoms with Crippen LogP contribution in [-0.2, 0) is 4.74 Å². The lowest BCUT2D eigenvalue weighted by Gasteiger charge is -2.19. The third-order valence-electron chi connectivity index (χ3n) is 3.14. The van der Waals surface area contributed by atoms with Gasteiger partial charge in [-0.05, 0) is 50.4 Å². The number of nitrogens with one attached hydrogen (secondary N) is 1. The summed E-state index contributed by atoms with van der Waals surface area (Å²) in [5.41, 5.74) is 4.09. The molecule has 0 aromatic heterocycles. The molecule has 1 N–H and O–H groups in total. The van der Waals surface area contributed by atoms with Crippen molar-refractivity contribution in [2.24, 2.45) is 0 Å². The van der Waals surface area contributed by atoms with Gasteiger partial charge in [-0.2, -0.15) is 0 Å². The van der Waals surface area contributed by atoms with Crippen LogP contribution in [-0.4, -0.2) is 19.8 Å². The zero-order valence-corrected chi connectivity index (χ0v) is 11.5. The molecule has 0 heterocycles. The first-order chi connectivity index (χ1) is 8.19. The smallest absolute Gasteiger partial charge is 0.0484 e. The van der Waals surface area contributed by atoms with Crippen molar-refractivity contribution in [1.29, 1.82) is 0 Å². The Hall–Kier alpha value is -0.860. The number of rotatable bonds is 7. The van der Waals surface area contributed by atoms with E-state index >= 15 is 0 Å². The first-order valence-electron chi connectivity index (χ1n) is 6.57. The molecule has 0 bridgehead atoms. The Labute approximate surface area is 105 Å². The number of hydrogen-bond acceptors (Lipinski definition) is 2. The molecule has 1 rings (SSSR count). The van der Waals surface area contributed by atoms with Crippen LogP contribution in [0.5, 0.6) is 0 Å². The van der Waals surface area contributed by atoms with E-state index in [9.17, 15) is 0 Å². The maximum absolute atomic E-state index is 5.45. The fourth-order valence-electron chi connectivity index (χ4n) is 1.96. The lowest BCUT2D eigenvalue weighted by Crippen LogP contribution is -2.22. The van der Waals surface area contributed by atoms with Gasteiger partial charge in [0.05, 0.1) is 0 Å². The largest absolute Gasteiger partial charge is 0.382 e. The molecule has 1 aromatic carbocycles. The lowest BCUT2D eigenvalue weighted by molar-refractivity contribution is 0.136. The van der Waals surface area contributed by atoms with E-state index in [0.717, 1.165) is 26.2 Å². The molecule has 0 aliphatic carbocycles. The van der Waals surface area contributed by atoms with Gasteiger partial charge in [0, 0.05) is 19.3 Å². The third kappa shape index (κ3) is 4.49. The maximum Gasteiger partial charge on any atom is 0.0484 e. The minimum atomic E-state index is 0.408. The summed E-state index contributed by atoms with van der Waals surface area (Å²) in [6, 6.07) is 7.12. The van der Waals surface area contributed by atoms with Gasteiger partial charge in [0.15, 0.2) is 0 Å². The van der Waals surface area contributed by atoms with Crippen molar-refractivity contribution < 1.29 is 4.74 Å². The molecule has 0 radical (unpaired) electrons. The summed E-state index contributed by atoms with van der Waals surface area (Å²) in [4.78, 5) is 0. The fraction of sp³-hybridized carbons (Fsp3) is 0.600. The van der Waals surface area contributed by atoms with E-state index in [0.29, 0.717) is 6.04 Å². The van der Waals surface area contributed by atoms with Gasteiger partial charge in [-0.1, -0.05) is 25.1 Å². The highest BCUT2D eigenvalue weighted by molar-refractivity contribution is 5.31. The third-order valence-corrected chi connectivity index (χ3v) is 3.14. The molecular weight excluding hydrogens is 210 g/mol. The Morgan fingerprint density at radius 3 is 2.53 bits per heavy atom. The minimum absolute atomic E-state index is 0.408. The molecule has 1 atom stereocenters. The maximum atomic E-state index is 5.45. The van der Waals surface area contributed by atoms with Gasteiger partial charge >= 0.3 is 0 Å². The molecule has 2 heteroatoms. The van der Waals surface area contributed by atoms with E-state index in [2.05, 4.69) is 44.3 Å². The molecule has 0 spiro atoms. The van der Waals surface area contributed by atoms with Crippen LogP contribution in [0.15, 0.2) is 18.2 Å². The van der Waals surface area contributed by atoms with Crippen LogP contribution in [0.2, 0.25) is 0 Å². The zero-order chi connectivity index (χ0) is 12.7. The number of benzene rings is 1. The highest BCUT2D eigenvalue weighted by atomic mass is 16.5. The minimum Gasteiger partial charge on any atom is -0.382 e. The Bertz CT molecular complexity index is 336. The molecule has 0 aliphatic rings. The summed E-state index contributed by atoms with van der Waals surface area (Å²) in [5, 5.41) is 3.52. The molecule has 2 nitrogen and oxygen atoms in total. The molecule has 1 unspecified atom stereocenters. The highest BCUT2D eigenvalue weighted by Gasteiger charge is 2.10. The van der Waals surface area contributed by atoms with Crippen LogP contribution in [0.3, 0.4) is 0 Å². The molecule has 0 aliphatic heterocycles. The van der Waals surface area contributed by atoms with Crippen LogP contribution in [0.4, 0.5) is 0 Å². The Morgan fingerprint density at radius 2 is 1.94 bits per heavy atom. The van der Waals surface area contributed by atoms with Crippen molar-refractivity contribution in [2.45, 2.75) is 40.2 Å². The van der Waals surface area contributed by atoms with Crippen LogP contribution in [0.25, 0.3) is 0 Å². The molecular formula is C15H25NO. The van der Waals surface area contributed by atoms with Gasteiger partial charge in [-0.15, -0.1) is 0 Å². The van der Waals surface area contributed by atoms with Gasteiger partial charge in [0.2, 0.25) is 0 Å². The molecule has 0 saturated carbocycles. The number of ether oxygens (including phenoxy) is 1. The van der Waals surface area contributed by atoms with Crippen molar-refractivity contribution in [2.75, 3.05) is 19.8 Å². The standard InChI is InChI=1S/C15H25NO/c1-5-16-15(9-10-17-6-2)14-8-7-12(3)13(4)11-14/h7-8,11,15-16H,5-6,9-10H2,1-4H3. The molecule has 17 heavy (non-hydrogen) atoms. The Balaban J connectivity index is 2.70. The van der Waals surface area contributed by atoms with Gasteiger partial charge in [-0.25, -0.2) is 0 Å². The van der Waals surface area contributed by atoms with Crippen LogP contribution < -0.4 is 5.32 Å². The van der Waals surface area contributed by atoms with E-state index < -0.39 is 0 Å². The second-order valence-corrected chi connectivity index (χ2v) is 4.44. The SMILES string of the molecule is CCNC(CCOCC)c1ccc(C)c(C)c1. The van der Waals surface area contributed by atoms with Gasteiger partial charge in [0.1, 0.15) is 0 Å². The van der Waals surface area contributed by atoms with Crippen molar-refractivity contribution in [3.8, 4) is 0 Å². The van der Waals surface area contributed by atoms with Crippen LogP contribution in [0, 0.1) is 13.8 Å². The van der Waals surface area contributed by atoms with E-state index in [1.165, 1.54) is 16.7 Å². The summed E-state index contributed by atoms with van der Waals surface area (Å²) >= 11 is 0. The summed E-state index contributed by atoms with van der Waals surface area (Å²) in [5.74, 6) is 0. The van der Waals surface area contributed by atoms with Crippen LogP contribution in [0.1, 0.15) is 43.0 Å². The van der Waals surface area contributed by atoms with Crippen LogP contribution >= 0.6 is 0 Å². The molecule has 1 aromatic rings. The number of aryl methyl sites for hydroxylation is 2. The first-order valence-corrected chi connectivity index (χ1v) is 6.57. The summed E-state index contributed by atoms with van der Waals surface area (Å²) in [6.07, 6.45) is 1.03. The fourth-order valence-corrected chi connectivity index (χ4v) is 1.96. The van der Waals surface area contributed by atoms with E-state index in [1.807, 2.05) is 6.92 Å².